The number of nitrogens with zero attached hydrogens (tertiary/aromatic N) is 4. The number of carbonyl (C=O) groups excluding carboxylic acids is 1. The molecule has 156 valence electrons. The van der Waals surface area contributed by atoms with Crippen molar-refractivity contribution in [2.75, 3.05) is 26.2 Å². The fourth-order valence-corrected chi connectivity index (χ4v) is 3.80. The number of carbonyl (C=O) groups is 1. The van der Waals surface area contributed by atoms with Gasteiger partial charge < -0.3 is 14.8 Å². The maximum Gasteiger partial charge on any atom is 0.318 e. The second-order valence-electron chi connectivity index (χ2n) is 7.58. The second-order valence-corrected chi connectivity index (χ2v) is 7.58. The van der Waals surface area contributed by atoms with Gasteiger partial charge in [-0.25, -0.2) is 14.2 Å². The molecule has 0 bridgehead atoms. The van der Waals surface area contributed by atoms with Crippen molar-refractivity contribution >= 4 is 6.03 Å². The molecule has 6 nitrogen and oxygen atoms in total. The lowest BCUT2D eigenvalue weighted by atomic mass is 10.1. The molecular formula is C23H26FN5O. The van der Waals surface area contributed by atoms with Crippen LogP contribution in [-0.2, 0) is 13.6 Å². The number of imidazole rings is 1. The second kappa shape index (κ2) is 9.09. The number of urea groups is 1. The Kier molecular flexibility index (Phi) is 6.09. The van der Waals surface area contributed by atoms with Crippen molar-refractivity contribution in [2.45, 2.75) is 12.6 Å². The lowest BCUT2D eigenvalue weighted by Gasteiger charge is -2.35. The van der Waals surface area contributed by atoms with Gasteiger partial charge in [0.15, 0.2) is 0 Å². The minimum Gasteiger partial charge on any atom is -0.336 e. The SMILES string of the molecule is Cn1ccnc1C(NC(=O)N1CCN(Cc2ccccc2)CC1)c1cccc(F)c1. The molecule has 2 aromatic carbocycles. The maximum atomic E-state index is 13.8. The monoisotopic (exact) mass is 407 g/mol. The summed E-state index contributed by atoms with van der Waals surface area (Å²) >= 11 is 0. The molecule has 0 spiro atoms. The average molecular weight is 407 g/mol. The van der Waals surface area contributed by atoms with Crippen LogP contribution in [0.3, 0.4) is 0 Å². The Morgan fingerprint density at radius 2 is 1.87 bits per heavy atom. The molecular weight excluding hydrogens is 381 g/mol. The molecule has 2 amide bonds. The van der Waals surface area contributed by atoms with E-state index in [2.05, 4.69) is 27.3 Å². The topological polar surface area (TPSA) is 53.4 Å². The normalized spacial score (nSPS) is 15.7. The van der Waals surface area contributed by atoms with Gasteiger partial charge in [0, 0.05) is 52.2 Å². The third kappa shape index (κ3) is 4.68. The van der Waals surface area contributed by atoms with Crippen molar-refractivity contribution in [2.24, 2.45) is 7.05 Å². The van der Waals surface area contributed by atoms with Gasteiger partial charge in [0.2, 0.25) is 0 Å². The molecule has 1 unspecified atom stereocenters. The first-order valence-electron chi connectivity index (χ1n) is 10.1. The van der Waals surface area contributed by atoms with Crippen molar-refractivity contribution in [1.82, 2.24) is 24.7 Å². The van der Waals surface area contributed by atoms with E-state index in [9.17, 15) is 9.18 Å². The number of aryl methyl sites for hydroxylation is 1. The molecule has 4 rings (SSSR count). The van der Waals surface area contributed by atoms with Gasteiger partial charge >= 0.3 is 6.03 Å². The Morgan fingerprint density at radius 1 is 1.10 bits per heavy atom. The minimum atomic E-state index is -0.518. The van der Waals surface area contributed by atoms with Crippen LogP contribution in [-0.4, -0.2) is 51.6 Å². The van der Waals surface area contributed by atoms with E-state index in [1.165, 1.54) is 17.7 Å². The molecule has 1 fully saturated rings. The van der Waals surface area contributed by atoms with E-state index < -0.39 is 6.04 Å². The van der Waals surface area contributed by atoms with Gasteiger partial charge in [-0.05, 0) is 23.3 Å². The summed E-state index contributed by atoms with van der Waals surface area (Å²) in [6, 6.07) is 16.0. The van der Waals surface area contributed by atoms with E-state index in [4.69, 9.17) is 0 Å². The highest BCUT2D eigenvalue weighted by atomic mass is 19.1. The summed E-state index contributed by atoms with van der Waals surface area (Å²) < 4.78 is 15.7. The minimum absolute atomic E-state index is 0.161. The first kappa shape index (κ1) is 20.1. The highest BCUT2D eigenvalue weighted by molar-refractivity contribution is 5.75. The Labute approximate surface area is 175 Å². The standard InChI is InChI=1S/C23H26FN5O/c1-27-11-10-25-22(27)21(19-8-5-9-20(24)16-19)26-23(30)29-14-12-28(13-15-29)17-18-6-3-2-4-7-18/h2-11,16,21H,12-15,17H2,1H3,(H,26,30). The van der Waals surface area contributed by atoms with Crippen molar-refractivity contribution in [3.05, 3.63) is 89.8 Å². The van der Waals surface area contributed by atoms with Crippen LogP contribution in [0.25, 0.3) is 0 Å². The van der Waals surface area contributed by atoms with E-state index in [1.807, 2.05) is 40.9 Å². The van der Waals surface area contributed by atoms with Crippen molar-refractivity contribution in [3.63, 3.8) is 0 Å². The van der Waals surface area contributed by atoms with Crippen LogP contribution in [0.1, 0.15) is 23.0 Å². The smallest absolute Gasteiger partial charge is 0.318 e. The van der Waals surface area contributed by atoms with Crippen LogP contribution in [0, 0.1) is 5.82 Å². The number of aromatic nitrogens is 2. The van der Waals surface area contributed by atoms with Gasteiger partial charge in [0.1, 0.15) is 17.7 Å². The van der Waals surface area contributed by atoms with Crippen LogP contribution in [0.15, 0.2) is 67.0 Å². The van der Waals surface area contributed by atoms with Gasteiger partial charge in [0.25, 0.3) is 0 Å². The Bertz CT molecular complexity index is 982. The third-order valence-corrected chi connectivity index (χ3v) is 5.47. The van der Waals surface area contributed by atoms with E-state index >= 15 is 0 Å². The fraction of sp³-hybridized carbons (Fsp3) is 0.304. The quantitative estimate of drug-likeness (QED) is 0.707. The number of benzene rings is 2. The van der Waals surface area contributed by atoms with Crippen molar-refractivity contribution in [1.29, 1.82) is 0 Å². The summed E-state index contributed by atoms with van der Waals surface area (Å²) in [4.78, 5) is 21.5. The fourth-order valence-electron chi connectivity index (χ4n) is 3.80. The number of hydrogen-bond donors (Lipinski definition) is 1. The Morgan fingerprint density at radius 3 is 2.53 bits per heavy atom. The third-order valence-electron chi connectivity index (χ3n) is 5.47. The lowest BCUT2D eigenvalue weighted by Crippen LogP contribution is -2.52. The molecule has 1 aromatic heterocycles. The summed E-state index contributed by atoms with van der Waals surface area (Å²) in [5.41, 5.74) is 1.94. The van der Waals surface area contributed by atoms with Crippen LogP contribution in [0.2, 0.25) is 0 Å². The number of halogens is 1. The van der Waals surface area contributed by atoms with Crippen LogP contribution < -0.4 is 5.32 Å². The molecule has 1 atom stereocenters. The zero-order chi connectivity index (χ0) is 20.9. The van der Waals surface area contributed by atoms with Gasteiger partial charge in [-0.3, -0.25) is 4.90 Å². The molecule has 2 heterocycles. The first-order valence-corrected chi connectivity index (χ1v) is 10.1. The molecule has 0 radical (unpaired) electrons. The summed E-state index contributed by atoms with van der Waals surface area (Å²) in [6.45, 7) is 3.81. The first-order chi connectivity index (χ1) is 14.6. The van der Waals surface area contributed by atoms with E-state index in [0.717, 1.165) is 19.6 Å². The van der Waals surface area contributed by atoms with Gasteiger partial charge in [-0.1, -0.05) is 42.5 Å². The van der Waals surface area contributed by atoms with Crippen molar-refractivity contribution < 1.29 is 9.18 Å². The predicted molar refractivity (Wildman–Crippen MR) is 113 cm³/mol. The zero-order valence-corrected chi connectivity index (χ0v) is 17.0. The van der Waals surface area contributed by atoms with Gasteiger partial charge in [-0.2, -0.15) is 0 Å². The molecule has 1 N–H and O–H groups in total. The van der Waals surface area contributed by atoms with E-state index in [-0.39, 0.29) is 11.8 Å². The molecule has 0 saturated carbocycles. The molecule has 0 aliphatic carbocycles. The Hall–Kier alpha value is -3.19. The van der Waals surface area contributed by atoms with Crippen molar-refractivity contribution in [3.8, 4) is 0 Å². The van der Waals surface area contributed by atoms with E-state index in [1.54, 1.807) is 18.3 Å². The highest BCUT2D eigenvalue weighted by Crippen LogP contribution is 2.22. The number of amides is 2. The largest absolute Gasteiger partial charge is 0.336 e. The number of nitrogens with one attached hydrogen (secondary N) is 1. The van der Waals surface area contributed by atoms with Crippen LogP contribution in [0.4, 0.5) is 9.18 Å². The highest BCUT2D eigenvalue weighted by Gasteiger charge is 2.26. The molecule has 30 heavy (non-hydrogen) atoms. The number of piperazine rings is 1. The van der Waals surface area contributed by atoms with Crippen LogP contribution >= 0.6 is 0 Å². The van der Waals surface area contributed by atoms with Crippen LogP contribution in [0.5, 0.6) is 0 Å². The molecule has 3 aromatic rings. The predicted octanol–water partition coefficient (Wildman–Crippen LogP) is 3.18. The molecule has 1 aliphatic heterocycles. The lowest BCUT2D eigenvalue weighted by molar-refractivity contribution is 0.134. The summed E-state index contributed by atoms with van der Waals surface area (Å²) in [6.07, 6.45) is 3.49. The van der Waals surface area contributed by atoms with Gasteiger partial charge in [0.05, 0.1) is 0 Å². The molecule has 1 saturated heterocycles. The summed E-state index contributed by atoms with van der Waals surface area (Å²) in [5.74, 6) is 0.326. The summed E-state index contributed by atoms with van der Waals surface area (Å²) in [5, 5.41) is 3.06. The zero-order valence-electron chi connectivity index (χ0n) is 17.0. The maximum absolute atomic E-state index is 13.8. The van der Waals surface area contributed by atoms with E-state index in [0.29, 0.717) is 24.5 Å². The molecule has 1 aliphatic rings. The molecule has 7 heteroatoms. The number of hydrogen-bond acceptors (Lipinski definition) is 3. The Balaban J connectivity index is 1.41. The average Bonchev–Trinajstić information content (AvgIpc) is 3.18. The van der Waals surface area contributed by atoms with Gasteiger partial charge in [-0.15, -0.1) is 0 Å². The number of rotatable bonds is 5. The summed E-state index contributed by atoms with van der Waals surface area (Å²) in [7, 11) is 1.86.